The number of carbonyl (C=O) groups excluding carboxylic acids is 3. The van der Waals surface area contributed by atoms with Gasteiger partial charge in [0.15, 0.2) is 0 Å². The number of pyridine rings is 1. The lowest BCUT2D eigenvalue weighted by Gasteiger charge is -2.35. The summed E-state index contributed by atoms with van der Waals surface area (Å²) in [4.78, 5) is 41.4. The third-order valence-electron chi connectivity index (χ3n) is 3.78. The van der Waals surface area contributed by atoms with Crippen LogP contribution in [0.2, 0.25) is 0 Å². The van der Waals surface area contributed by atoms with Crippen LogP contribution >= 0.6 is 0 Å². The quantitative estimate of drug-likeness (QED) is 0.760. The van der Waals surface area contributed by atoms with Crippen LogP contribution in [-0.4, -0.2) is 58.3 Å². The van der Waals surface area contributed by atoms with E-state index in [4.69, 9.17) is 0 Å². The molecule has 0 spiro atoms. The van der Waals surface area contributed by atoms with Crippen molar-refractivity contribution in [3.63, 3.8) is 0 Å². The van der Waals surface area contributed by atoms with Crippen molar-refractivity contribution in [1.29, 1.82) is 0 Å². The molecule has 2 aliphatic rings. The maximum Gasteiger partial charge on any atom is 0.418 e. The first kappa shape index (κ1) is 15.3. The number of nitrogens with zero attached hydrogens (tertiary/aromatic N) is 3. The van der Waals surface area contributed by atoms with E-state index in [9.17, 15) is 27.6 Å². The number of hydrogen-bond acceptors (Lipinski definition) is 4. The van der Waals surface area contributed by atoms with Crippen molar-refractivity contribution in [3.8, 4) is 0 Å². The molecular weight excluding hydrogens is 317 g/mol. The van der Waals surface area contributed by atoms with E-state index < -0.39 is 41.3 Å². The number of nitrogens with one attached hydrogen (secondary N) is 1. The smallest absolute Gasteiger partial charge is 0.333 e. The summed E-state index contributed by atoms with van der Waals surface area (Å²) in [5, 5.41) is 2.11. The summed E-state index contributed by atoms with van der Waals surface area (Å²) in [5.74, 6) is -1.48. The van der Waals surface area contributed by atoms with Crippen LogP contribution in [0.5, 0.6) is 0 Å². The molecule has 0 saturated carbocycles. The molecule has 1 atom stereocenters. The van der Waals surface area contributed by atoms with Gasteiger partial charge in [0.25, 0.3) is 11.8 Å². The Morgan fingerprint density at radius 2 is 2.04 bits per heavy atom. The third kappa shape index (κ3) is 2.60. The molecule has 1 unspecified atom stereocenters. The molecular formula is C13H11F3N4O3. The fraction of sp³-hybridized carbons (Fsp3) is 0.385. The van der Waals surface area contributed by atoms with E-state index in [0.717, 1.165) is 23.2 Å². The zero-order chi connectivity index (χ0) is 16.8. The largest absolute Gasteiger partial charge is 0.418 e. The Hall–Kier alpha value is -2.65. The van der Waals surface area contributed by atoms with Crippen molar-refractivity contribution < 1.29 is 27.6 Å². The number of halogens is 3. The first-order valence-electron chi connectivity index (χ1n) is 6.72. The van der Waals surface area contributed by atoms with Crippen LogP contribution in [0.3, 0.4) is 0 Å². The lowest BCUT2D eigenvalue weighted by atomic mass is 10.1. The Labute approximate surface area is 128 Å². The summed E-state index contributed by atoms with van der Waals surface area (Å²) in [6.45, 7) is -0.0592. The van der Waals surface area contributed by atoms with Crippen molar-refractivity contribution >= 4 is 17.8 Å². The van der Waals surface area contributed by atoms with Crippen LogP contribution in [0.25, 0.3) is 0 Å². The minimum Gasteiger partial charge on any atom is -0.333 e. The molecule has 23 heavy (non-hydrogen) atoms. The minimum atomic E-state index is -4.71. The van der Waals surface area contributed by atoms with Gasteiger partial charge in [-0.05, 0) is 12.1 Å². The Morgan fingerprint density at radius 1 is 1.30 bits per heavy atom. The Morgan fingerprint density at radius 3 is 2.74 bits per heavy atom. The number of imide groups is 1. The topological polar surface area (TPSA) is 82.6 Å². The zero-order valence-electron chi connectivity index (χ0n) is 11.6. The van der Waals surface area contributed by atoms with Gasteiger partial charge in [-0.3, -0.25) is 19.9 Å². The summed E-state index contributed by atoms with van der Waals surface area (Å²) in [5.41, 5.74) is -1.84. The van der Waals surface area contributed by atoms with Crippen molar-refractivity contribution in [1.82, 2.24) is 20.1 Å². The van der Waals surface area contributed by atoms with Gasteiger partial charge in [-0.1, -0.05) is 0 Å². The SMILES string of the molecule is O=C1NC(=O)N2CCN(C(=O)c3ncccc3C(F)(F)F)CC12. The number of piperazine rings is 1. The summed E-state index contributed by atoms with van der Waals surface area (Å²) >= 11 is 0. The van der Waals surface area contributed by atoms with Gasteiger partial charge in [0.05, 0.1) is 12.1 Å². The van der Waals surface area contributed by atoms with Crippen LogP contribution in [0.4, 0.5) is 18.0 Å². The van der Waals surface area contributed by atoms with Gasteiger partial charge in [0, 0.05) is 19.3 Å². The molecule has 4 amide bonds. The molecule has 122 valence electrons. The Kier molecular flexibility index (Phi) is 3.46. The first-order chi connectivity index (χ1) is 10.8. The molecule has 2 fully saturated rings. The van der Waals surface area contributed by atoms with E-state index in [2.05, 4.69) is 10.3 Å². The van der Waals surface area contributed by atoms with E-state index in [-0.39, 0.29) is 19.6 Å². The number of alkyl halides is 3. The highest BCUT2D eigenvalue weighted by molar-refractivity contribution is 6.05. The van der Waals surface area contributed by atoms with Crippen LogP contribution < -0.4 is 5.32 Å². The highest BCUT2D eigenvalue weighted by atomic mass is 19.4. The summed E-state index contributed by atoms with van der Waals surface area (Å²) < 4.78 is 38.9. The molecule has 2 aliphatic heterocycles. The number of hydrogen-bond donors (Lipinski definition) is 1. The second-order valence-electron chi connectivity index (χ2n) is 5.15. The molecule has 0 bridgehead atoms. The van der Waals surface area contributed by atoms with Crippen molar-refractivity contribution in [2.24, 2.45) is 0 Å². The van der Waals surface area contributed by atoms with E-state index in [1.807, 2.05) is 0 Å². The highest BCUT2D eigenvalue weighted by Gasteiger charge is 2.44. The van der Waals surface area contributed by atoms with E-state index in [1.165, 1.54) is 4.90 Å². The second kappa shape index (κ2) is 5.21. The number of fused-ring (bicyclic) bond motifs is 1. The molecule has 1 aromatic heterocycles. The van der Waals surface area contributed by atoms with Gasteiger partial charge in [-0.2, -0.15) is 13.2 Å². The zero-order valence-corrected chi connectivity index (χ0v) is 11.6. The minimum absolute atomic E-state index is 0.0317. The normalized spacial score (nSPS) is 21.3. The number of carbonyl (C=O) groups is 3. The number of aromatic nitrogens is 1. The first-order valence-corrected chi connectivity index (χ1v) is 6.72. The molecule has 3 rings (SSSR count). The third-order valence-corrected chi connectivity index (χ3v) is 3.78. The fourth-order valence-electron chi connectivity index (χ4n) is 2.65. The average Bonchev–Trinajstić information content (AvgIpc) is 2.80. The number of amides is 4. The summed E-state index contributed by atoms with van der Waals surface area (Å²) in [6.07, 6.45) is -3.60. The Bertz CT molecular complexity index is 691. The van der Waals surface area contributed by atoms with Crippen molar-refractivity contribution in [2.45, 2.75) is 12.2 Å². The van der Waals surface area contributed by atoms with Crippen molar-refractivity contribution in [3.05, 3.63) is 29.6 Å². The average molecular weight is 328 g/mol. The number of urea groups is 1. The van der Waals surface area contributed by atoms with Gasteiger partial charge < -0.3 is 9.80 Å². The molecule has 10 heteroatoms. The van der Waals surface area contributed by atoms with Crippen LogP contribution in [0.15, 0.2) is 18.3 Å². The second-order valence-corrected chi connectivity index (χ2v) is 5.15. The molecule has 0 aliphatic carbocycles. The van der Waals surface area contributed by atoms with Crippen LogP contribution in [0, 0.1) is 0 Å². The molecule has 1 N–H and O–H groups in total. The van der Waals surface area contributed by atoms with Gasteiger partial charge in [-0.25, -0.2) is 4.79 Å². The molecule has 0 radical (unpaired) electrons. The lowest BCUT2D eigenvalue weighted by Crippen LogP contribution is -2.55. The monoisotopic (exact) mass is 328 g/mol. The van der Waals surface area contributed by atoms with Gasteiger partial charge in [0.2, 0.25) is 0 Å². The lowest BCUT2D eigenvalue weighted by molar-refractivity contribution is -0.138. The molecule has 1 aromatic rings. The molecule has 7 nitrogen and oxygen atoms in total. The van der Waals surface area contributed by atoms with Crippen LogP contribution in [-0.2, 0) is 11.0 Å². The van der Waals surface area contributed by atoms with E-state index in [1.54, 1.807) is 0 Å². The molecule has 2 saturated heterocycles. The standard InChI is InChI=1S/C13H11F3N4O3/c14-13(15,16)7-2-1-3-17-9(7)11(22)19-4-5-20-8(6-19)10(21)18-12(20)23/h1-3,8H,4-6H2,(H,18,21,23). The fourth-order valence-corrected chi connectivity index (χ4v) is 2.65. The van der Waals surface area contributed by atoms with Gasteiger partial charge in [0.1, 0.15) is 11.7 Å². The summed E-state index contributed by atoms with van der Waals surface area (Å²) in [6, 6.07) is 0.447. The highest BCUT2D eigenvalue weighted by Crippen LogP contribution is 2.31. The maximum atomic E-state index is 13.0. The predicted octanol–water partition coefficient (Wildman–Crippen LogP) is 0.477. The molecule has 3 heterocycles. The van der Waals surface area contributed by atoms with Crippen molar-refractivity contribution in [2.75, 3.05) is 19.6 Å². The van der Waals surface area contributed by atoms with Gasteiger partial charge in [-0.15, -0.1) is 0 Å². The number of rotatable bonds is 1. The maximum absolute atomic E-state index is 13.0. The van der Waals surface area contributed by atoms with E-state index >= 15 is 0 Å². The van der Waals surface area contributed by atoms with Crippen LogP contribution in [0.1, 0.15) is 16.1 Å². The Balaban J connectivity index is 1.85. The van der Waals surface area contributed by atoms with Gasteiger partial charge >= 0.3 is 12.2 Å². The molecule has 0 aromatic carbocycles. The van der Waals surface area contributed by atoms with E-state index in [0.29, 0.717) is 0 Å². The predicted molar refractivity (Wildman–Crippen MR) is 69.2 cm³/mol. The summed E-state index contributed by atoms with van der Waals surface area (Å²) in [7, 11) is 0.